The SMILES string of the molecule is CNC1COCC(=O)N1. The summed E-state index contributed by atoms with van der Waals surface area (Å²) in [5.74, 6) is -0.0550. The van der Waals surface area contributed by atoms with Crippen molar-refractivity contribution in [3.8, 4) is 0 Å². The summed E-state index contributed by atoms with van der Waals surface area (Å²) in [6.45, 7) is 0.750. The molecule has 1 amide bonds. The average Bonchev–Trinajstić information content (AvgIpc) is 1.88. The van der Waals surface area contributed by atoms with Crippen molar-refractivity contribution in [3.05, 3.63) is 0 Å². The van der Waals surface area contributed by atoms with Crippen LogP contribution in [0.15, 0.2) is 0 Å². The predicted molar refractivity (Wildman–Crippen MR) is 31.8 cm³/mol. The van der Waals surface area contributed by atoms with Crippen LogP contribution in [0, 0.1) is 0 Å². The van der Waals surface area contributed by atoms with Gasteiger partial charge >= 0.3 is 0 Å². The molecule has 1 heterocycles. The Kier molecular flexibility index (Phi) is 2.02. The van der Waals surface area contributed by atoms with Crippen LogP contribution in [0.25, 0.3) is 0 Å². The van der Waals surface area contributed by atoms with Gasteiger partial charge in [-0.3, -0.25) is 10.1 Å². The predicted octanol–water partition coefficient (Wildman–Crippen LogP) is -1.32. The molecule has 4 heteroatoms. The Morgan fingerprint density at radius 1 is 1.89 bits per heavy atom. The van der Waals surface area contributed by atoms with Gasteiger partial charge in [-0.2, -0.15) is 0 Å². The molecule has 0 radical (unpaired) electrons. The number of hydrogen-bond acceptors (Lipinski definition) is 3. The molecule has 1 saturated heterocycles. The van der Waals surface area contributed by atoms with E-state index in [1.54, 1.807) is 7.05 Å². The van der Waals surface area contributed by atoms with Gasteiger partial charge < -0.3 is 10.1 Å². The van der Waals surface area contributed by atoms with Crippen molar-refractivity contribution in [2.24, 2.45) is 0 Å². The van der Waals surface area contributed by atoms with Crippen LogP contribution in [0.2, 0.25) is 0 Å². The molecule has 0 aliphatic carbocycles. The average molecular weight is 130 g/mol. The number of morpholine rings is 1. The molecule has 9 heavy (non-hydrogen) atoms. The van der Waals surface area contributed by atoms with Gasteiger partial charge in [0.25, 0.3) is 0 Å². The highest BCUT2D eigenvalue weighted by Crippen LogP contribution is 1.88. The van der Waals surface area contributed by atoms with Crippen molar-refractivity contribution in [1.82, 2.24) is 10.6 Å². The van der Waals surface area contributed by atoms with Gasteiger partial charge in [0.1, 0.15) is 12.8 Å². The summed E-state index contributed by atoms with van der Waals surface area (Å²) in [4.78, 5) is 10.6. The van der Waals surface area contributed by atoms with E-state index in [9.17, 15) is 4.79 Å². The van der Waals surface area contributed by atoms with Gasteiger partial charge in [0.2, 0.25) is 5.91 Å². The lowest BCUT2D eigenvalue weighted by Crippen LogP contribution is -2.52. The number of rotatable bonds is 1. The molecule has 1 aliphatic rings. The van der Waals surface area contributed by atoms with E-state index in [-0.39, 0.29) is 18.7 Å². The molecule has 52 valence electrons. The van der Waals surface area contributed by atoms with Crippen LogP contribution in [0.5, 0.6) is 0 Å². The maximum atomic E-state index is 10.6. The zero-order chi connectivity index (χ0) is 6.69. The molecule has 0 bridgehead atoms. The first kappa shape index (κ1) is 6.51. The molecule has 0 spiro atoms. The first-order valence-corrected chi connectivity index (χ1v) is 2.87. The zero-order valence-corrected chi connectivity index (χ0v) is 5.31. The van der Waals surface area contributed by atoms with Crippen molar-refractivity contribution >= 4 is 5.91 Å². The number of ether oxygens (including phenoxy) is 1. The molecule has 1 unspecified atom stereocenters. The van der Waals surface area contributed by atoms with E-state index in [1.165, 1.54) is 0 Å². The lowest BCUT2D eigenvalue weighted by atomic mass is 10.4. The second-order valence-corrected chi connectivity index (χ2v) is 1.92. The highest BCUT2D eigenvalue weighted by molar-refractivity contribution is 5.78. The Balaban J connectivity index is 2.32. The van der Waals surface area contributed by atoms with E-state index in [1.807, 2.05) is 0 Å². The van der Waals surface area contributed by atoms with Gasteiger partial charge in [0.15, 0.2) is 0 Å². The summed E-state index contributed by atoms with van der Waals surface area (Å²) in [5, 5.41) is 5.57. The number of amides is 1. The van der Waals surface area contributed by atoms with E-state index >= 15 is 0 Å². The summed E-state index contributed by atoms with van der Waals surface area (Å²) in [6, 6.07) is 0. The van der Waals surface area contributed by atoms with Crippen LogP contribution >= 0.6 is 0 Å². The van der Waals surface area contributed by atoms with E-state index in [4.69, 9.17) is 4.74 Å². The zero-order valence-electron chi connectivity index (χ0n) is 5.31. The molecule has 0 aromatic carbocycles. The Bertz CT molecular complexity index is 116. The second-order valence-electron chi connectivity index (χ2n) is 1.92. The van der Waals surface area contributed by atoms with Crippen LogP contribution < -0.4 is 10.6 Å². The molecule has 1 fully saturated rings. The Labute approximate surface area is 53.6 Å². The fraction of sp³-hybridized carbons (Fsp3) is 0.800. The topological polar surface area (TPSA) is 50.4 Å². The van der Waals surface area contributed by atoms with Gasteiger partial charge in [-0.25, -0.2) is 0 Å². The normalized spacial score (nSPS) is 27.7. The monoisotopic (exact) mass is 130 g/mol. The van der Waals surface area contributed by atoms with Gasteiger partial charge in [0.05, 0.1) is 6.61 Å². The van der Waals surface area contributed by atoms with Crippen molar-refractivity contribution in [1.29, 1.82) is 0 Å². The molecule has 0 aromatic rings. The van der Waals surface area contributed by atoms with Crippen LogP contribution in [-0.4, -0.2) is 32.3 Å². The number of likely N-dealkylation sites (N-methyl/N-ethyl adjacent to an activating group) is 1. The summed E-state index contributed by atoms with van der Waals surface area (Å²) in [5.41, 5.74) is 0. The molecular formula is C5H10N2O2. The van der Waals surface area contributed by atoms with E-state index in [0.29, 0.717) is 6.61 Å². The molecule has 1 aliphatic heterocycles. The van der Waals surface area contributed by atoms with Crippen LogP contribution in [-0.2, 0) is 9.53 Å². The molecule has 0 aromatic heterocycles. The summed E-state index contributed by atoms with van der Waals surface area (Å²) in [7, 11) is 1.78. The summed E-state index contributed by atoms with van der Waals surface area (Å²) < 4.78 is 4.91. The lowest BCUT2D eigenvalue weighted by molar-refractivity contribution is -0.131. The molecule has 4 nitrogen and oxygen atoms in total. The molecule has 0 saturated carbocycles. The summed E-state index contributed by atoms with van der Waals surface area (Å²) >= 11 is 0. The van der Waals surface area contributed by atoms with Crippen molar-refractivity contribution in [3.63, 3.8) is 0 Å². The molecule has 2 N–H and O–H groups in total. The third-order valence-corrected chi connectivity index (χ3v) is 1.20. The number of carbonyl (C=O) groups excluding carboxylic acids is 1. The van der Waals surface area contributed by atoms with Crippen molar-refractivity contribution in [2.75, 3.05) is 20.3 Å². The third kappa shape index (κ3) is 1.65. The Morgan fingerprint density at radius 2 is 2.67 bits per heavy atom. The van der Waals surface area contributed by atoms with E-state index in [0.717, 1.165) is 0 Å². The van der Waals surface area contributed by atoms with E-state index in [2.05, 4.69) is 10.6 Å². The largest absolute Gasteiger partial charge is 0.368 e. The minimum Gasteiger partial charge on any atom is -0.368 e. The minimum absolute atomic E-state index is 0.00810. The summed E-state index contributed by atoms with van der Waals surface area (Å²) in [6.07, 6.45) is -0.00810. The minimum atomic E-state index is -0.0550. The van der Waals surface area contributed by atoms with Crippen LogP contribution in [0.4, 0.5) is 0 Å². The fourth-order valence-corrected chi connectivity index (χ4v) is 0.703. The molecule has 1 atom stereocenters. The third-order valence-electron chi connectivity index (χ3n) is 1.20. The molecule has 1 rings (SSSR count). The van der Waals surface area contributed by atoms with Crippen LogP contribution in [0.1, 0.15) is 0 Å². The number of hydrogen-bond donors (Lipinski definition) is 2. The first-order chi connectivity index (χ1) is 4.33. The van der Waals surface area contributed by atoms with Crippen molar-refractivity contribution < 1.29 is 9.53 Å². The lowest BCUT2D eigenvalue weighted by Gasteiger charge is -2.22. The number of carbonyl (C=O) groups is 1. The smallest absolute Gasteiger partial charge is 0.247 e. The first-order valence-electron chi connectivity index (χ1n) is 2.87. The van der Waals surface area contributed by atoms with Gasteiger partial charge in [-0.15, -0.1) is 0 Å². The molecular weight excluding hydrogens is 120 g/mol. The highest BCUT2D eigenvalue weighted by Gasteiger charge is 2.15. The van der Waals surface area contributed by atoms with Gasteiger partial charge in [-0.1, -0.05) is 0 Å². The Hall–Kier alpha value is -0.610. The quantitative estimate of drug-likeness (QED) is 0.463. The fourth-order valence-electron chi connectivity index (χ4n) is 0.703. The van der Waals surface area contributed by atoms with Crippen LogP contribution in [0.3, 0.4) is 0 Å². The van der Waals surface area contributed by atoms with Gasteiger partial charge in [-0.05, 0) is 7.05 Å². The van der Waals surface area contributed by atoms with Crippen molar-refractivity contribution in [2.45, 2.75) is 6.17 Å². The Morgan fingerprint density at radius 3 is 3.11 bits per heavy atom. The number of nitrogens with one attached hydrogen (secondary N) is 2. The van der Waals surface area contributed by atoms with E-state index < -0.39 is 0 Å². The highest BCUT2D eigenvalue weighted by atomic mass is 16.5. The maximum absolute atomic E-state index is 10.6. The second kappa shape index (κ2) is 2.80. The maximum Gasteiger partial charge on any atom is 0.247 e. The van der Waals surface area contributed by atoms with Gasteiger partial charge in [0, 0.05) is 0 Å². The standard InChI is InChI=1S/C5H10N2O2/c1-6-4-2-9-3-5(8)7-4/h4,6H,2-3H2,1H3,(H,7,8).